The topological polar surface area (TPSA) is 89.6 Å². The SMILES string of the molecule is COc1ccc(C(=O)O)c2cc(C(=O)c3nccs3)oc12. The Hall–Kier alpha value is -2.67. The number of thiazole rings is 1. The number of hydrogen-bond acceptors (Lipinski definition) is 6. The van der Waals surface area contributed by atoms with Gasteiger partial charge >= 0.3 is 5.97 Å². The molecule has 0 spiro atoms. The fourth-order valence-electron chi connectivity index (χ4n) is 2.00. The number of nitrogens with zero attached hydrogens (tertiary/aromatic N) is 1. The standard InChI is InChI=1S/C14H9NO5S/c1-19-9-3-2-7(14(17)18)8-6-10(20-12(8)9)11(16)13-15-4-5-21-13/h2-6H,1H3,(H,17,18). The number of carboxylic acid groups (broad SMARTS) is 1. The maximum absolute atomic E-state index is 12.2. The van der Waals surface area contributed by atoms with Crippen molar-refractivity contribution in [3.63, 3.8) is 0 Å². The van der Waals surface area contributed by atoms with E-state index in [1.807, 2.05) is 0 Å². The second-order valence-electron chi connectivity index (χ2n) is 4.14. The quantitative estimate of drug-likeness (QED) is 0.745. The minimum Gasteiger partial charge on any atom is -0.493 e. The second-order valence-corrected chi connectivity index (χ2v) is 5.03. The number of benzene rings is 1. The molecule has 2 aromatic heterocycles. The minimum atomic E-state index is -1.10. The van der Waals surface area contributed by atoms with Gasteiger partial charge in [0, 0.05) is 17.0 Å². The van der Waals surface area contributed by atoms with Crippen LogP contribution < -0.4 is 4.74 Å². The summed E-state index contributed by atoms with van der Waals surface area (Å²) in [6.45, 7) is 0. The fraction of sp³-hybridized carbons (Fsp3) is 0.0714. The maximum Gasteiger partial charge on any atom is 0.336 e. The van der Waals surface area contributed by atoms with Gasteiger partial charge in [0.1, 0.15) is 0 Å². The predicted octanol–water partition coefficient (Wildman–Crippen LogP) is 2.83. The highest BCUT2D eigenvalue weighted by Crippen LogP contribution is 2.32. The lowest BCUT2D eigenvalue weighted by Gasteiger charge is -2.02. The monoisotopic (exact) mass is 303 g/mol. The van der Waals surface area contributed by atoms with E-state index in [9.17, 15) is 14.7 Å². The van der Waals surface area contributed by atoms with Crippen LogP contribution in [0.4, 0.5) is 0 Å². The van der Waals surface area contributed by atoms with E-state index in [-0.39, 0.29) is 27.7 Å². The molecule has 0 fully saturated rings. The zero-order valence-electron chi connectivity index (χ0n) is 10.8. The average molecular weight is 303 g/mol. The molecular formula is C14H9NO5S. The van der Waals surface area contributed by atoms with E-state index in [4.69, 9.17) is 9.15 Å². The number of hydrogen-bond donors (Lipinski definition) is 1. The van der Waals surface area contributed by atoms with Crippen molar-refractivity contribution in [2.75, 3.05) is 7.11 Å². The molecule has 0 amide bonds. The van der Waals surface area contributed by atoms with Crippen molar-refractivity contribution >= 4 is 34.1 Å². The number of carbonyl (C=O) groups is 2. The second kappa shape index (κ2) is 5.02. The molecular weight excluding hydrogens is 294 g/mol. The molecule has 0 aliphatic heterocycles. The minimum absolute atomic E-state index is 0.0342. The number of furan rings is 1. The van der Waals surface area contributed by atoms with Crippen molar-refractivity contribution in [2.24, 2.45) is 0 Å². The molecule has 3 rings (SSSR count). The Morgan fingerprint density at radius 1 is 1.38 bits per heavy atom. The third kappa shape index (κ3) is 2.17. The Kier molecular flexibility index (Phi) is 3.19. The highest BCUT2D eigenvalue weighted by atomic mass is 32.1. The van der Waals surface area contributed by atoms with Gasteiger partial charge in [-0.15, -0.1) is 11.3 Å². The Morgan fingerprint density at radius 3 is 2.81 bits per heavy atom. The van der Waals surface area contributed by atoms with Crippen LogP contribution in [-0.4, -0.2) is 29.0 Å². The van der Waals surface area contributed by atoms with E-state index in [0.717, 1.165) is 0 Å². The van der Waals surface area contributed by atoms with Gasteiger partial charge in [-0.3, -0.25) is 4.79 Å². The van der Waals surface area contributed by atoms with Crippen LogP contribution in [0.5, 0.6) is 5.75 Å². The molecule has 6 nitrogen and oxygen atoms in total. The van der Waals surface area contributed by atoms with Crippen LogP contribution in [0, 0.1) is 0 Å². The Bertz CT molecular complexity index is 835. The van der Waals surface area contributed by atoms with E-state index in [1.54, 1.807) is 5.38 Å². The van der Waals surface area contributed by atoms with Gasteiger partial charge in [-0.1, -0.05) is 0 Å². The summed E-state index contributed by atoms with van der Waals surface area (Å²) in [6.07, 6.45) is 1.52. The first-order chi connectivity index (χ1) is 10.1. The van der Waals surface area contributed by atoms with Crippen LogP contribution >= 0.6 is 11.3 Å². The summed E-state index contributed by atoms with van der Waals surface area (Å²) < 4.78 is 10.6. The summed E-state index contributed by atoms with van der Waals surface area (Å²) in [5.41, 5.74) is 0.282. The van der Waals surface area contributed by atoms with Crippen molar-refractivity contribution in [2.45, 2.75) is 0 Å². The summed E-state index contributed by atoms with van der Waals surface area (Å²) in [6, 6.07) is 4.31. The van der Waals surface area contributed by atoms with Gasteiger partial charge in [-0.2, -0.15) is 0 Å². The first-order valence-electron chi connectivity index (χ1n) is 5.90. The van der Waals surface area contributed by atoms with Crippen molar-refractivity contribution in [3.8, 4) is 5.75 Å². The zero-order chi connectivity index (χ0) is 15.0. The van der Waals surface area contributed by atoms with Crippen LogP contribution in [0.2, 0.25) is 0 Å². The van der Waals surface area contributed by atoms with Crippen molar-refractivity contribution in [1.29, 1.82) is 0 Å². The van der Waals surface area contributed by atoms with E-state index >= 15 is 0 Å². The summed E-state index contributed by atoms with van der Waals surface area (Å²) >= 11 is 1.19. The zero-order valence-corrected chi connectivity index (χ0v) is 11.6. The summed E-state index contributed by atoms with van der Waals surface area (Å²) in [4.78, 5) is 27.4. The molecule has 7 heteroatoms. The fourth-order valence-corrected chi connectivity index (χ4v) is 2.58. The normalized spacial score (nSPS) is 10.7. The molecule has 0 unspecified atom stereocenters. The Labute approximate surface area is 122 Å². The first kappa shape index (κ1) is 13.3. The lowest BCUT2D eigenvalue weighted by atomic mass is 10.1. The lowest BCUT2D eigenvalue weighted by molar-refractivity contribution is 0.0698. The highest BCUT2D eigenvalue weighted by molar-refractivity contribution is 7.11. The van der Waals surface area contributed by atoms with Gasteiger partial charge in [-0.05, 0) is 18.2 Å². The largest absolute Gasteiger partial charge is 0.493 e. The number of ketones is 1. The van der Waals surface area contributed by atoms with Gasteiger partial charge in [0.25, 0.3) is 5.78 Å². The molecule has 2 heterocycles. The third-order valence-electron chi connectivity index (χ3n) is 2.95. The van der Waals surface area contributed by atoms with Crippen LogP contribution in [0.3, 0.4) is 0 Å². The number of rotatable bonds is 4. The molecule has 0 bridgehead atoms. The number of carbonyl (C=O) groups excluding carboxylic acids is 1. The smallest absolute Gasteiger partial charge is 0.336 e. The van der Waals surface area contributed by atoms with E-state index in [2.05, 4.69) is 4.98 Å². The van der Waals surface area contributed by atoms with Gasteiger partial charge in [0.2, 0.25) is 0 Å². The Morgan fingerprint density at radius 2 is 2.19 bits per heavy atom. The van der Waals surface area contributed by atoms with Crippen LogP contribution in [0.15, 0.2) is 34.2 Å². The van der Waals surface area contributed by atoms with E-state index < -0.39 is 5.97 Å². The number of aromatic carboxylic acids is 1. The molecule has 0 saturated carbocycles. The lowest BCUT2D eigenvalue weighted by Crippen LogP contribution is -1.98. The van der Waals surface area contributed by atoms with Crippen molar-refractivity contribution < 1.29 is 23.8 Å². The van der Waals surface area contributed by atoms with Crippen molar-refractivity contribution in [3.05, 3.63) is 46.1 Å². The van der Waals surface area contributed by atoms with Gasteiger partial charge in [0.05, 0.1) is 12.7 Å². The molecule has 0 atom stereocenters. The molecule has 1 N–H and O–H groups in total. The number of ether oxygens (including phenoxy) is 1. The van der Waals surface area contributed by atoms with E-state index in [1.165, 1.54) is 42.8 Å². The van der Waals surface area contributed by atoms with Gasteiger partial charge in [-0.25, -0.2) is 9.78 Å². The highest BCUT2D eigenvalue weighted by Gasteiger charge is 2.22. The molecule has 3 aromatic rings. The predicted molar refractivity (Wildman–Crippen MR) is 75.3 cm³/mol. The molecule has 0 saturated heterocycles. The maximum atomic E-state index is 12.2. The number of aromatic nitrogens is 1. The van der Waals surface area contributed by atoms with Crippen LogP contribution in [-0.2, 0) is 0 Å². The van der Waals surface area contributed by atoms with Gasteiger partial charge in [0.15, 0.2) is 22.1 Å². The van der Waals surface area contributed by atoms with E-state index in [0.29, 0.717) is 11.1 Å². The molecule has 0 radical (unpaired) electrons. The molecule has 0 aliphatic carbocycles. The molecule has 106 valence electrons. The van der Waals surface area contributed by atoms with Crippen molar-refractivity contribution in [1.82, 2.24) is 4.98 Å². The number of methoxy groups -OCH3 is 1. The van der Waals surface area contributed by atoms with Crippen LogP contribution in [0.25, 0.3) is 11.0 Å². The summed E-state index contributed by atoms with van der Waals surface area (Å²) in [7, 11) is 1.44. The van der Waals surface area contributed by atoms with Crippen LogP contribution in [0.1, 0.15) is 25.9 Å². The summed E-state index contributed by atoms with van der Waals surface area (Å²) in [5.74, 6) is -1.09. The molecule has 0 aliphatic rings. The van der Waals surface area contributed by atoms with Gasteiger partial charge < -0.3 is 14.3 Å². The Balaban J connectivity index is 2.21. The molecule has 1 aromatic carbocycles. The number of fused-ring (bicyclic) bond motifs is 1. The summed E-state index contributed by atoms with van der Waals surface area (Å²) in [5, 5.41) is 11.5. The first-order valence-corrected chi connectivity index (χ1v) is 6.78. The average Bonchev–Trinajstić information content (AvgIpc) is 3.14. The number of carboxylic acids is 1. The molecule has 21 heavy (non-hydrogen) atoms. The third-order valence-corrected chi connectivity index (χ3v) is 3.72.